The van der Waals surface area contributed by atoms with Crippen molar-refractivity contribution in [3.63, 3.8) is 0 Å². The molecule has 216 valence electrons. The number of pyridine rings is 1. The number of benzene rings is 1. The zero-order chi connectivity index (χ0) is 28.8. The number of aromatic nitrogens is 3. The van der Waals surface area contributed by atoms with Gasteiger partial charge < -0.3 is 19.9 Å². The van der Waals surface area contributed by atoms with Gasteiger partial charge in [-0.2, -0.15) is 18.2 Å². The zero-order valence-electron chi connectivity index (χ0n) is 23.2. The second-order valence-electron chi connectivity index (χ2n) is 11.1. The summed E-state index contributed by atoms with van der Waals surface area (Å²) in [4.78, 5) is 30.2. The van der Waals surface area contributed by atoms with Crippen molar-refractivity contribution in [2.45, 2.75) is 63.1 Å². The fourth-order valence-corrected chi connectivity index (χ4v) is 6.07. The van der Waals surface area contributed by atoms with Crippen LogP contribution in [0, 0.1) is 0 Å². The number of hydrogen-bond acceptors (Lipinski definition) is 8. The summed E-state index contributed by atoms with van der Waals surface area (Å²) < 4.78 is 46.4. The molecule has 8 nitrogen and oxygen atoms in total. The molecule has 0 amide bonds. The standard InChI is InChI=1S/C30H33F3N6O2/c1-19-5-4-16-39(19)28-36-24-12-18-38(26-23(30(31,32)33)6-3-15-34-26)17-11-22(24)25(37-28)35-21-9-7-20(8-10-21)29(13-14-29)27(40)41-2/h3,6-10,15,19H,4-5,11-14,16-18H2,1-2H3,(H,35,36,37). The predicted molar refractivity (Wildman–Crippen MR) is 150 cm³/mol. The van der Waals surface area contributed by atoms with Crippen molar-refractivity contribution in [2.75, 3.05) is 41.9 Å². The Balaban J connectivity index is 1.32. The molecule has 1 aromatic carbocycles. The number of fused-ring (bicyclic) bond motifs is 1. The lowest BCUT2D eigenvalue weighted by Crippen LogP contribution is -2.29. The molecule has 1 aliphatic carbocycles. The summed E-state index contributed by atoms with van der Waals surface area (Å²) in [6, 6.07) is 10.4. The highest BCUT2D eigenvalue weighted by Gasteiger charge is 2.52. The monoisotopic (exact) mass is 566 g/mol. The maximum Gasteiger partial charge on any atom is 0.419 e. The molecule has 6 rings (SSSR count). The van der Waals surface area contributed by atoms with Crippen LogP contribution in [0.2, 0.25) is 0 Å². The van der Waals surface area contributed by atoms with E-state index >= 15 is 0 Å². The molecule has 1 saturated heterocycles. The van der Waals surface area contributed by atoms with Crippen LogP contribution in [0.4, 0.5) is 36.4 Å². The van der Waals surface area contributed by atoms with E-state index in [0.29, 0.717) is 43.7 Å². The van der Waals surface area contributed by atoms with Gasteiger partial charge in [-0.25, -0.2) is 9.97 Å². The third kappa shape index (κ3) is 5.17. The number of hydrogen-bond donors (Lipinski definition) is 1. The van der Waals surface area contributed by atoms with Crippen LogP contribution in [0.1, 0.15) is 55.0 Å². The van der Waals surface area contributed by atoms with Gasteiger partial charge >= 0.3 is 12.1 Å². The molecular formula is C30H33F3N6O2. The molecule has 1 unspecified atom stereocenters. The van der Waals surface area contributed by atoms with Crippen LogP contribution in [-0.4, -0.2) is 53.7 Å². The topological polar surface area (TPSA) is 83.5 Å². The number of anilines is 4. The molecule has 1 N–H and O–H groups in total. The van der Waals surface area contributed by atoms with Crippen molar-refractivity contribution in [1.82, 2.24) is 15.0 Å². The van der Waals surface area contributed by atoms with Crippen molar-refractivity contribution in [3.8, 4) is 0 Å². The quantitative estimate of drug-likeness (QED) is 0.396. The Morgan fingerprint density at radius 1 is 1.07 bits per heavy atom. The number of methoxy groups -OCH3 is 1. The number of carbonyl (C=O) groups is 1. The Bertz CT molecular complexity index is 1440. The minimum atomic E-state index is -4.49. The molecular weight excluding hydrogens is 533 g/mol. The van der Waals surface area contributed by atoms with Crippen molar-refractivity contribution in [3.05, 3.63) is 65.0 Å². The van der Waals surface area contributed by atoms with Crippen molar-refractivity contribution < 1.29 is 22.7 Å². The summed E-state index contributed by atoms with van der Waals surface area (Å²) in [6.45, 7) is 3.73. The minimum absolute atomic E-state index is 0.0566. The maximum absolute atomic E-state index is 13.8. The van der Waals surface area contributed by atoms with E-state index in [0.717, 1.165) is 60.8 Å². The molecule has 0 spiro atoms. The van der Waals surface area contributed by atoms with Gasteiger partial charge in [0.2, 0.25) is 5.95 Å². The van der Waals surface area contributed by atoms with Gasteiger partial charge in [0, 0.05) is 49.5 Å². The van der Waals surface area contributed by atoms with Gasteiger partial charge in [-0.3, -0.25) is 4.79 Å². The minimum Gasteiger partial charge on any atom is -0.468 e. The Morgan fingerprint density at radius 3 is 2.49 bits per heavy atom. The van der Waals surface area contributed by atoms with Gasteiger partial charge in [-0.1, -0.05) is 12.1 Å². The molecule has 1 saturated carbocycles. The van der Waals surface area contributed by atoms with E-state index < -0.39 is 17.2 Å². The molecule has 41 heavy (non-hydrogen) atoms. The third-order valence-electron chi connectivity index (χ3n) is 8.56. The number of rotatable bonds is 6. The molecule has 2 aliphatic heterocycles. The highest BCUT2D eigenvalue weighted by Crippen LogP contribution is 2.49. The highest BCUT2D eigenvalue weighted by molar-refractivity contribution is 5.86. The summed E-state index contributed by atoms with van der Waals surface area (Å²) in [7, 11) is 1.41. The van der Waals surface area contributed by atoms with E-state index in [1.807, 2.05) is 24.3 Å². The molecule has 0 bridgehead atoms. The first kappa shape index (κ1) is 27.3. The van der Waals surface area contributed by atoms with Crippen LogP contribution in [0.3, 0.4) is 0 Å². The summed E-state index contributed by atoms with van der Waals surface area (Å²) in [5.74, 6) is 1.02. The molecule has 2 fully saturated rings. The third-order valence-corrected chi connectivity index (χ3v) is 8.56. The van der Waals surface area contributed by atoms with E-state index in [2.05, 4.69) is 22.1 Å². The van der Waals surface area contributed by atoms with E-state index in [-0.39, 0.29) is 11.8 Å². The smallest absolute Gasteiger partial charge is 0.419 e. The number of ether oxygens (including phenoxy) is 1. The lowest BCUT2D eigenvalue weighted by molar-refractivity contribution is -0.143. The van der Waals surface area contributed by atoms with E-state index in [1.54, 1.807) is 4.90 Å². The fourth-order valence-electron chi connectivity index (χ4n) is 6.07. The zero-order valence-corrected chi connectivity index (χ0v) is 23.2. The molecule has 11 heteroatoms. The Kier molecular flexibility index (Phi) is 6.99. The Labute approximate surface area is 237 Å². The average Bonchev–Trinajstić information content (AvgIpc) is 3.71. The van der Waals surface area contributed by atoms with Crippen LogP contribution in [0.15, 0.2) is 42.6 Å². The summed E-state index contributed by atoms with van der Waals surface area (Å²) in [5, 5.41) is 3.46. The summed E-state index contributed by atoms with van der Waals surface area (Å²) >= 11 is 0. The Hall–Kier alpha value is -3.89. The van der Waals surface area contributed by atoms with Gasteiger partial charge in [0.1, 0.15) is 11.6 Å². The number of nitrogens with one attached hydrogen (secondary N) is 1. The first-order valence-corrected chi connectivity index (χ1v) is 14.1. The summed E-state index contributed by atoms with van der Waals surface area (Å²) in [5.41, 5.74) is 2.17. The molecule has 4 heterocycles. The number of carbonyl (C=O) groups excluding carboxylic acids is 1. The lowest BCUT2D eigenvalue weighted by Gasteiger charge is -2.24. The van der Waals surface area contributed by atoms with Crippen LogP contribution >= 0.6 is 0 Å². The van der Waals surface area contributed by atoms with Gasteiger partial charge in [-0.15, -0.1) is 0 Å². The fraction of sp³-hybridized carbons (Fsp3) is 0.467. The largest absolute Gasteiger partial charge is 0.468 e. The number of nitrogens with zero attached hydrogens (tertiary/aromatic N) is 5. The van der Waals surface area contributed by atoms with E-state index in [9.17, 15) is 18.0 Å². The van der Waals surface area contributed by atoms with Crippen LogP contribution in [0.5, 0.6) is 0 Å². The lowest BCUT2D eigenvalue weighted by atomic mass is 9.96. The van der Waals surface area contributed by atoms with E-state index in [1.165, 1.54) is 19.4 Å². The molecule has 2 aromatic heterocycles. The van der Waals surface area contributed by atoms with E-state index in [4.69, 9.17) is 14.7 Å². The van der Waals surface area contributed by atoms with Crippen LogP contribution in [0.25, 0.3) is 0 Å². The van der Waals surface area contributed by atoms with Crippen LogP contribution < -0.4 is 15.1 Å². The predicted octanol–water partition coefficient (Wildman–Crippen LogP) is 5.43. The van der Waals surface area contributed by atoms with Gasteiger partial charge in [-0.05, 0) is 68.9 Å². The van der Waals surface area contributed by atoms with Gasteiger partial charge in [0.15, 0.2) is 0 Å². The number of alkyl halides is 3. The normalized spacial score (nSPS) is 19.9. The number of halogens is 3. The first-order valence-electron chi connectivity index (χ1n) is 14.1. The molecule has 1 atom stereocenters. The van der Waals surface area contributed by atoms with Crippen molar-refractivity contribution in [2.24, 2.45) is 0 Å². The Morgan fingerprint density at radius 2 is 1.83 bits per heavy atom. The van der Waals surface area contributed by atoms with Crippen molar-refractivity contribution in [1.29, 1.82) is 0 Å². The first-order chi connectivity index (χ1) is 19.7. The second-order valence-corrected chi connectivity index (χ2v) is 11.1. The second kappa shape index (κ2) is 10.5. The summed E-state index contributed by atoms with van der Waals surface area (Å²) in [6.07, 6.45) is 1.49. The molecule has 0 radical (unpaired) electrons. The number of esters is 1. The van der Waals surface area contributed by atoms with Gasteiger partial charge in [0.25, 0.3) is 0 Å². The molecule has 3 aromatic rings. The SMILES string of the molecule is COC(=O)C1(c2ccc(Nc3nc(N4CCCC4C)nc4c3CCN(c3ncccc3C(F)(F)F)CC4)cc2)CC1. The van der Waals surface area contributed by atoms with Crippen molar-refractivity contribution >= 4 is 29.2 Å². The van der Waals surface area contributed by atoms with Gasteiger partial charge in [0.05, 0.1) is 23.8 Å². The average molecular weight is 567 g/mol. The maximum atomic E-state index is 13.8. The molecule has 3 aliphatic rings. The highest BCUT2D eigenvalue weighted by atomic mass is 19.4. The van der Waals surface area contributed by atoms with Crippen LogP contribution in [-0.2, 0) is 34.0 Å².